The number of hydrogen-bond acceptors (Lipinski definition) is 6. The molecule has 0 radical (unpaired) electrons. The zero-order valence-electron chi connectivity index (χ0n) is 16.7. The molecule has 0 spiro atoms. The van der Waals surface area contributed by atoms with Gasteiger partial charge in [0.2, 0.25) is 5.78 Å². The third kappa shape index (κ3) is 3.81. The number of benzene rings is 1. The third-order valence-corrected chi connectivity index (χ3v) is 5.29. The molecule has 0 aliphatic rings. The van der Waals surface area contributed by atoms with Crippen LogP contribution in [0.2, 0.25) is 0 Å². The number of nitrogens with one attached hydrogen (secondary N) is 1. The fourth-order valence-corrected chi connectivity index (χ4v) is 3.85. The lowest BCUT2D eigenvalue weighted by Gasteiger charge is -2.12. The van der Waals surface area contributed by atoms with Gasteiger partial charge < -0.3 is 4.74 Å². The van der Waals surface area contributed by atoms with Gasteiger partial charge in [-0.25, -0.2) is 14.3 Å². The lowest BCUT2D eigenvalue weighted by Crippen LogP contribution is -2.17. The minimum Gasteiger partial charge on any atom is -0.447 e. The molecule has 0 aliphatic carbocycles. The molecule has 0 aliphatic heterocycles. The zero-order chi connectivity index (χ0) is 21.3. The van der Waals surface area contributed by atoms with Gasteiger partial charge in [-0.1, -0.05) is 18.2 Å². The number of carbonyl (C=O) groups is 2. The highest BCUT2D eigenvalue weighted by molar-refractivity contribution is 7.12. The molecule has 3 heterocycles. The summed E-state index contributed by atoms with van der Waals surface area (Å²) in [6.45, 7) is 5.51. The smallest absolute Gasteiger partial charge is 0.411 e. The Morgan fingerprint density at radius 3 is 2.73 bits per heavy atom. The van der Waals surface area contributed by atoms with Crippen molar-refractivity contribution in [3.63, 3.8) is 0 Å². The van der Waals surface area contributed by atoms with E-state index in [4.69, 9.17) is 4.74 Å². The molecule has 1 aromatic carbocycles. The molecule has 8 heteroatoms. The molecule has 3 aromatic heterocycles. The number of ketones is 1. The maximum Gasteiger partial charge on any atom is 0.411 e. The monoisotopic (exact) mass is 420 g/mol. The molecule has 0 bridgehead atoms. The van der Waals surface area contributed by atoms with Crippen LogP contribution in [0.1, 0.15) is 34.6 Å². The Kier molecular flexibility index (Phi) is 5.33. The summed E-state index contributed by atoms with van der Waals surface area (Å²) in [6.07, 6.45) is 2.56. The van der Waals surface area contributed by atoms with E-state index in [2.05, 4.69) is 15.4 Å². The first-order valence-electron chi connectivity index (χ1n) is 9.43. The van der Waals surface area contributed by atoms with Gasteiger partial charge in [-0.3, -0.25) is 10.1 Å². The summed E-state index contributed by atoms with van der Waals surface area (Å²) in [5.41, 5.74) is 4.07. The summed E-state index contributed by atoms with van der Waals surface area (Å²) >= 11 is 1.39. The summed E-state index contributed by atoms with van der Waals surface area (Å²) in [6, 6.07) is 11.0. The number of hydrogen-bond donors (Lipinski definition) is 1. The van der Waals surface area contributed by atoms with Crippen LogP contribution in [0.25, 0.3) is 16.9 Å². The van der Waals surface area contributed by atoms with Gasteiger partial charge in [0, 0.05) is 17.4 Å². The number of fused-ring (bicyclic) bond motifs is 1. The molecule has 152 valence electrons. The fraction of sp³-hybridized carbons (Fsp3) is 0.182. The van der Waals surface area contributed by atoms with Gasteiger partial charge in [0.05, 0.1) is 28.4 Å². The van der Waals surface area contributed by atoms with E-state index in [1.54, 1.807) is 42.9 Å². The van der Waals surface area contributed by atoms with Crippen LogP contribution in [0.3, 0.4) is 0 Å². The molecule has 1 N–H and O–H groups in total. The Labute approximate surface area is 177 Å². The molecule has 0 unspecified atom stereocenters. The number of anilines is 1. The predicted molar refractivity (Wildman–Crippen MR) is 116 cm³/mol. The zero-order valence-corrected chi connectivity index (χ0v) is 17.6. The van der Waals surface area contributed by atoms with E-state index >= 15 is 0 Å². The predicted octanol–water partition coefficient (Wildman–Crippen LogP) is 4.95. The Hall–Kier alpha value is -3.52. The minimum atomic E-state index is -0.512. The molecule has 7 nitrogen and oxygen atoms in total. The van der Waals surface area contributed by atoms with Gasteiger partial charge in [0.15, 0.2) is 5.65 Å². The number of thiophene rings is 1. The minimum absolute atomic E-state index is 0.103. The van der Waals surface area contributed by atoms with Gasteiger partial charge in [-0.05, 0) is 49.9 Å². The lowest BCUT2D eigenvalue weighted by atomic mass is 10.1. The highest BCUT2D eigenvalue weighted by Crippen LogP contribution is 2.28. The quantitative estimate of drug-likeness (QED) is 0.462. The van der Waals surface area contributed by atoms with Crippen molar-refractivity contribution in [2.75, 3.05) is 5.32 Å². The van der Waals surface area contributed by atoms with Crippen LogP contribution in [0.15, 0.2) is 54.2 Å². The number of ether oxygens (including phenoxy) is 1. The first-order valence-corrected chi connectivity index (χ1v) is 10.3. The van der Waals surface area contributed by atoms with Gasteiger partial charge >= 0.3 is 6.09 Å². The maximum absolute atomic E-state index is 12.8. The van der Waals surface area contributed by atoms with Crippen LogP contribution >= 0.6 is 11.3 Å². The Morgan fingerprint density at radius 2 is 2.00 bits per heavy atom. The SMILES string of the molecule is Cc1cnc2c(C(=O)c3cccs3)cnn2c1-c1cccc(NC(=O)OC(C)C)c1. The van der Waals surface area contributed by atoms with Crippen molar-refractivity contribution in [3.05, 3.63) is 70.2 Å². The molecule has 0 saturated heterocycles. The second kappa shape index (κ2) is 8.08. The van der Waals surface area contributed by atoms with Crippen LogP contribution < -0.4 is 5.32 Å². The molecule has 0 saturated carbocycles. The van der Waals surface area contributed by atoms with Crippen molar-refractivity contribution in [2.45, 2.75) is 26.9 Å². The van der Waals surface area contributed by atoms with Crippen LogP contribution in [0, 0.1) is 6.92 Å². The van der Waals surface area contributed by atoms with Crippen molar-refractivity contribution >= 4 is 34.5 Å². The van der Waals surface area contributed by atoms with E-state index in [9.17, 15) is 9.59 Å². The second-order valence-corrected chi connectivity index (χ2v) is 8.00. The normalized spacial score (nSPS) is 11.1. The van der Waals surface area contributed by atoms with Crippen molar-refractivity contribution < 1.29 is 14.3 Å². The van der Waals surface area contributed by atoms with Crippen LogP contribution in [0.4, 0.5) is 10.5 Å². The summed E-state index contributed by atoms with van der Waals surface area (Å²) in [4.78, 5) is 29.9. The first kappa shape index (κ1) is 19.8. The number of amides is 1. The Morgan fingerprint density at radius 1 is 1.17 bits per heavy atom. The van der Waals surface area contributed by atoms with Gasteiger partial charge in [0.1, 0.15) is 0 Å². The highest BCUT2D eigenvalue weighted by atomic mass is 32.1. The van der Waals surface area contributed by atoms with E-state index in [1.807, 2.05) is 36.6 Å². The number of aromatic nitrogens is 3. The van der Waals surface area contributed by atoms with Crippen molar-refractivity contribution in [3.8, 4) is 11.3 Å². The van der Waals surface area contributed by atoms with Crippen LogP contribution in [-0.4, -0.2) is 32.6 Å². The van der Waals surface area contributed by atoms with Crippen molar-refractivity contribution in [2.24, 2.45) is 0 Å². The van der Waals surface area contributed by atoms with Crippen molar-refractivity contribution in [1.29, 1.82) is 0 Å². The molecule has 4 rings (SSSR count). The van der Waals surface area contributed by atoms with Crippen LogP contribution in [-0.2, 0) is 4.74 Å². The van der Waals surface area contributed by atoms with E-state index in [-0.39, 0.29) is 11.9 Å². The van der Waals surface area contributed by atoms with E-state index in [0.29, 0.717) is 21.8 Å². The topological polar surface area (TPSA) is 85.6 Å². The summed E-state index contributed by atoms with van der Waals surface area (Å²) in [5, 5.41) is 9.04. The van der Waals surface area contributed by atoms with E-state index in [1.165, 1.54) is 11.3 Å². The fourth-order valence-electron chi connectivity index (χ4n) is 3.17. The number of carbonyl (C=O) groups excluding carboxylic acids is 2. The van der Waals surface area contributed by atoms with Crippen molar-refractivity contribution in [1.82, 2.24) is 14.6 Å². The Balaban J connectivity index is 1.74. The summed E-state index contributed by atoms with van der Waals surface area (Å²) in [5.74, 6) is -0.103. The maximum atomic E-state index is 12.8. The number of aryl methyl sites for hydroxylation is 1. The number of rotatable bonds is 5. The van der Waals surface area contributed by atoms with Gasteiger partial charge in [0.25, 0.3) is 0 Å². The summed E-state index contributed by atoms with van der Waals surface area (Å²) < 4.78 is 6.81. The lowest BCUT2D eigenvalue weighted by molar-refractivity contribution is 0.104. The number of nitrogens with zero attached hydrogens (tertiary/aromatic N) is 3. The van der Waals surface area contributed by atoms with Crippen LogP contribution in [0.5, 0.6) is 0 Å². The average molecular weight is 420 g/mol. The first-order chi connectivity index (χ1) is 14.4. The highest BCUT2D eigenvalue weighted by Gasteiger charge is 2.20. The van der Waals surface area contributed by atoms with Gasteiger partial charge in [-0.2, -0.15) is 5.10 Å². The Bertz CT molecular complexity index is 1230. The molecule has 0 atom stereocenters. The summed E-state index contributed by atoms with van der Waals surface area (Å²) in [7, 11) is 0. The molecular weight excluding hydrogens is 400 g/mol. The molecule has 0 fully saturated rings. The average Bonchev–Trinajstić information content (AvgIpc) is 3.37. The largest absolute Gasteiger partial charge is 0.447 e. The van der Waals surface area contributed by atoms with E-state index in [0.717, 1.165) is 16.8 Å². The molecule has 1 amide bonds. The van der Waals surface area contributed by atoms with Gasteiger partial charge in [-0.15, -0.1) is 11.3 Å². The third-order valence-electron chi connectivity index (χ3n) is 4.42. The second-order valence-electron chi connectivity index (χ2n) is 7.05. The molecule has 4 aromatic rings. The standard InChI is InChI=1S/C22H20N4O3S/c1-13(2)29-22(28)25-16-7-4-6-15(10-16)19-14(3)11-23-21-17(12-24-26(19)21)20(27)18-8-5-9-30-18/h4-13H,1-3H3,(H,25,28). The molecular formula is C22H20N4O3S. The molecule has 30 heavy (non-hydrogen) atoms. The van der Waals surface area contributed by atoms with E-state index < -0.39 is 6.09 Å².